The number of nitrogens with one attached hydrogen (secondary N) is 1. The molecule has 0 radical (unpaired) electrons. The van der Waals surface area contributed by atoms with Gasteiger partial charge in [0.15, 0.2) is 0 Å². The maximum absolute atomic E-state index is 12.4. The molecule has 3 rings (SSSR count). The third kappa shape index (κ3) is 2.97. The SMILES string of the molecule is NC(C(=O)NC1CCCC1n1ccnc1)c1ccccc1. The highest BCUT2D eigenvalue weighted by Gasteiger charge is 2.31. The molecule has 3 atom stereocenters. The fourth-order valence-electron chi connectivity index (χ4n) is 3.02. The fraction of sp³-hybridized carbons (Fsp3) is 0.375. The second kappa shape index (κ2) is 6.10. The van der Waals surface area contributed by atoms with Crippen molar-refractivity contribution in [2.45, 2.75) is 37.4 Å². The molecule has 0 saturated heterocycles. The molecule has 1 aromatic carbocycles. The van der Waals surface area contributed by atoms with E-state index in [1.807, 2.05) is 42.9 Å². The molecule has 3 unspecified atom stereocenters. The largest absolute Gasteiger partial charge is 0.350 e. The standard InChI is InChI=1S/C16H20N4O/c17-15(12-5-2-1-3-6-12)16(21)19-13-7-4-8-14(13)20-10-9-18-11-20/h1-3,5-6,9-11,13-15H,4,7-8,17H2,(H,19,21). The van der Waals surface area contributed by atoms with Gasteiger partial charge in [-0.2, -0.15) is 0 Å². The van der Waals surface area contributed by atoms with Crippen LogP contribution in [0.25, 0.3) is 0 Å². The quantitative estimate of drug-likeness (QED) is 0.899. The number of nitrogens with zero attached hydrogens (tertiary/aromatic N) is 2. The Balaban J connectivity index is 1.67. The Hall–Kier alpha value is -2.14. The molecule has 1 heterocycles. The molecule has 5 nitrogen and oxygen atoms in total. The van der Waals surface area contributed by atoms with E-state index in [1.165, 1.54) is 0 Å². The number of hydrogen-bond donors (Lipinski definition) is 2. The zero-order valence-electron chi connectivity index (χ0n) is 11.9. The average molecular weight is 284 g/mol. The first-order valence-corrected chi connectivity index (χ1v) is 7.34. The van der Waals surface area contributed by atoms with Crippen LogP contribution in [0.1, 0.15) is 36.9 Å². The lowest BCUT2D eigenvalue weighted by Gasteiger charge is -2.24. The predicted molar refractivity (Wildman–Crippen MR) is 80.4 cm³/mol. The second-order valence-corrected chi connectivity index (χ2v) is 5.51. The van der Waals surface area contributed by atoms with Crippen molar-refractivity contribution < 1.29 is 4.79 Å². The van der Waals surface area contributed by atoms with Gasteiger partial charge in [-0.25, -0.2) is 4.98 Å². The minimum absolute atomic E-state index is 0.113. The van der Waals surface area contributed by atoms with Crippen LogP contribution < -0.4 is 11.1 Å². The van der Waals surface area contributed by atoms with Crippen molar-refractivity contribution in [3.05, 3.63) is 54.6 Å². The Bertz CT molecular complexity index is 582. The number of aromatic nitrogens is 2. The van der Waals surface area contributed by atoms with Crippen molar-refractivity contribution in [3.63, 3.8) is 0 Å². The van der Waals surface area contributed by atoms with Crippen molar-refractivity contribution in [1.82, 2.24) is 14.9 Å². The zero-order valence-corrected chi connectivity index (χ0v) is 11.9. The van der Waals surface area contributed by atoms with Crippen LogP contribution in [0.5, 0.6) is 0 Å². The summed E-state index contributed by atoms with van der Waals surface area (Å²) in [7, 11) is 0. The molecule has 110 valence electrons. The number of carbonyl (C=O) groups is 1. The van der Waals surface area contributed by atoms with Crippen LogP contribution in [0, 0.1) is 0 Å². The number of nitrogens with two attached hydrogens (primary N) is 1. The van der Waals surface area contributed by atoms with Gasteiger partial charge in [0.25, 0.3) is 0 Å². The Morgan fingerprint density at radius 2 is 2.14 bits per heavy atom. The third-order valence-corrected chi connectivity index (χ3v) is 4.16. The molecular weight excluding hydrogens is 264 g/mol. The van der Waals surface area contributed by atoms with Gasteiger partial charge in [0, 0.05) is 18.4 Å². The highest BCUT2D eigenvalue weighted by Crippen LogP contribution is 2.30. The van der Waals surface area contributed by atoms with E-state index < -0.39 is 6.04 Å². The molecule has 2 aromatic rings. The first kappa shape index (κ1) is 13.8. The van der Waals surface area contributed by atoms with Crippen LogP contribution in [0.2, 0.25) is 0 Å². The van der Waals surface area contributed by atoms with E-state index in [2.05, 4.69) is 14.9 Å². The minimum Gasteiger partial charge on any atom is -0.350 e. The van der Waals surface area contributed by atoms with Gasteiger partial charge in [-0.3, -0.25) is 4.79 Å². The van der Waals surface area contributed by atoms with Crippen molar-refractivity contribution in [3.8, 4) is 0 Å². The summed E-state index contributed by atoms with van der Waals surface area (Å²) in [5.74, 6) is -0.113. The zero-order chi connectivity index (χ0) is 14.7. The Labute approximate surface area is 124 Å². The van der Waals surface area contributed by atoms with Crippen molar-refractivity contribution >= 4 is 5.91 Å². The number of carbonyl (C=O) groups excluding carboxylic acids is 1. The summed E-state index contributed by atoms with van der Waals surface area (Å²) < 4.78 is 2.08. The molecule has 21 heavy (non-hydrogen) atoms. The first-order valence-electron chi connectivity index (χ1n) is 7.34. The Kier molecular flexibility index (Phi) is 4.01. The van der Waals surface area contributed by atoms with Gasteiger partial charge in [0.05, 0.1) is 12.4 Å². The molecule has 1 aliphatic rings. The van der Waals surface area contributed by atoms with Gasteiger partial charge < -0.3 is 15.6 Å². The van der Waals surface area contributed by atoms with Crippen LogP contribution in [0.15, 0.2) is 49.1 Å². The van der Waals surface area contributed by atoms with Crippen LogP contribution in [-0.2, 0) is 4.79 Å². The molecule has 3 N–H and O–H groups in total. The smallest absolute Gasteiger partial charge is 0.241 e. The maximum Gasteiger partial charge on any atom is 0.241 e. The molecular formula is C16H20N4O. The van der Waals surface area contributed by atoms with E-state index in [-0.39, 0.29) is 18.0 Å². The number of imidazole rings is 1. The van der Waals surface area contributed by atoms with Crippen molar-refractivity contribution in [2.24, 2.45) is 5.73 Å². The molecule has 1 aromatic heterocycles. The van der Waals surface area contributed by atoms with Crippen LogP contribution in [0.3, 0.4) is 0 Å². The molecule has 1 saturated carbocycles. The molecule has 0 bridgehead atoms. The number of rotatable bonds is 4. The van der Waals surface area contributed by atoms with E-state index >= 15 is 0 Å². The molecule has 5 heteroatoms. The summed E-state index contributed by atoms with van der Waals surface area (Å²) in [6, 6.07) is 9.26. The second-order valence-electron chi connectivity index (χ2n) is 5.51. The maximum atomic E-state index is 12.4. The molecule has 1 fully saturated rings. The first-order chi connectivity index (χ1) is 10.3. The summed E-state index contributed by atoms with van der Waals surface area (Å²) in [6.07, 6.45) is 8.68. The van der Waals surface area contributed by atoms with Gasteiger partial charge >= 0.3 is 0 Å². The minimum atomic E-state index is -0.616. The lowest BCUT2D eigenvalue weighted by molar-refractivity contribution is -0.123. The van der Waals surface area contributed by atoms with E-state index in [0.29, 0.717) is 0 Å². The molecule has 1 amide bonds. The number of hydrogen-bond acceptors (Lipinski definition) is 3. The van der Waals surface area contributed by atoms with E-state index in [9.17, 15) is 4.79 Å². The average Bonchev–Trinajstić information content (AvgIpc) is 3.18. The highest BCUT2D eigenvalue weighted by atomic mass is 16.2. The van der Waals surface area contributed by atoms with Gasteiger partial charge in [-0.15, -0.1) is 0 Å². The monoisotopic (exact) mass is 284 g/mol. The van der Waals surface area contributed by atoms with Gasteiger partial charge in [-0.1, -0.05) is 30.3 Å². The summed E-state index contributed by atoms with van der Waals surface area (Å²) >= 11 is 0. The van der Waals surface area contributed by atoms with E-state index in [1.54, 1.807) is 6.20 Å². The Morgan fingerprint density at radius 3 is 2.86 bits per heavy atom. The Morgan fingerprint density at radius 1 is 1.33 bits per heavy atom. The lowest BCUT2D eigenvalue weighted by Crippen LogP contribution is -2.42. The van der Waals surface area contributed by atoms with E-state index in [0.717, 1.165) is 24.8 Å². The van der Waals surface area contributed by atoms with Crippen molar-refractivity contribution in [2.75, 3.05) is 0 Å². The highest BCUT2D eigenvalue weighted by molar-refractivity contribution is 5.83. The lowest BCUT2D eigenvalue weighted by atomic mass is 10.1. The van der Waals surface area contributed by atoms with Crippen molar-refractivity contribution in [1.29, 1.82) is 0 Å². The van der Waals surface area contributed by atoms with Gasteiger partial charge in [-0.05, 0) is 24.8 Å². The summed E-state index contributed by atoms with van der Waals surface area (Å²) in [5, 5.41) is 3.10. The summed E-state index contributed by atoms with van der Waals surface area (Å²) in [5.41, 5.74) is 6.89. The van der Waals surface area contributed by atoms with E-state index in [4.69, 9.17) is 5.73 Å². The normalized spacial score (nSPS) is 22.9. The third-order valence-electron chi connectivity index (χ3n) is 4.16. The summed E-state index contributed by atoms with van der Waals surface area (Å²) in [4.78, 5) is 16.4. The predicted octanol–water partition coefficient (Wildman–Crippen LogP) is 1.79. The van der Waals surface area contributed by atoms with Gasteiger partial charge in [0.1, 0.15) is 6.04 Å². The van der Waals surface area contributed by atoms with Crippen LogP contribution >= 0.6 is 0 Å². The van der Waals surface area contributed by atoms with Crippen LogP contribution in [-0.4, -0.2) is 21.5 Å². The number of amides is 1. The topological polar surface area (TPSA) is 72.9 Å². The van der Waals surface area contributed by atoms with Gasteiger partial charge in [0.2, 0.25) is 5.91 Å². The van der Waals surface area contributed by atoms with Crippen LogP contribution in [0.4, 0.5) is 0 Å². The number of benzene rings is 1. The molecule has 0 spiro atoms. The fourth-order valence-corrected chi connectivity index (χ4v) is 3.02. The molecule has 1 aliphatic carbocycles. The molecule has 0 aliphatic heterocycles. The summed E-state index contributed by atoms with van der Waals surface area (Å²) in [6.45, 7) is 0.